The van der Waals surface area contributed by atoms with Crippen LogP contribution in [0.3, 0.4) is 0 Å². The van der Waals surface area contributed by atoms with E-state index in [0.29, 0.717) is 106 Å². The summed E-state index contributed by atoms with van der Waals surface area (Å²) in [6, 6.07) is 23.3. The van der Waals surface area contributed by atoms with Crippen molar-refractivity contribution in [1.82, 2.24) is 53.4 Å². The first-order valence-corrected chi connectivity index (χ1v) is 36.9. The Balaban J connectivity index is 0.000000204. The molecular formula is C68H89N13O12S2. The standard InChI is InChI=1S/C44H51N9O7S.C24H38N4O5S/c54-39-12-11-38(42(56)47-39)52-25-29-22-32(9-10-37(29)43(52)57)50-26-33(27-50)49-18-16-34(17-19-49)60-35-6-3-7-36(23-35)61(58,59)51-20-14-30(15-21-51)46-44-45-24-28-8-13-40(55)53(41(28)48-44)31-4-1-2-5-31;1-24(2,3)28(23(29)30)18-7-13-27(14-8-18)34(31,32)22-6-4-5-21(15-22)33-20-9-11-26(12-10-20)19-16-25-17-19/h3,6-10,13,22-24,30-31,33-34,38H,1-2,4-5,11-12,14-21,25-27H2,(H,45,46,48)(H,47,54,56);4-6,15,18-20,25H,7-14,16-17H2,1-3H3,(H,29,30). The van der Waals surface area contributed by atoms with Crippen molar-refractivity contribution in [2.45, 2.75) is 181 Å². The Morgan fingerprint density at radius 3 is 1.82 bits per heavy atom. The van der Waals surface area contributed by atoms with Crippen molar-refractivity contribution in [3.8, 4) is 11.5 Å². The Bertz CT molecular complexity index is 3950. The summed E-state index contributed by atoms with van der Waals surface area (Å²) in [6.07, 6.45) is 11.3. The molecule has 4 amide bonds. The Morgan fingerprint density at radius 1 is 0.674 bits per heavy atom. The molecule has 25 nitrogen and oxygen atoms in total. The van der Waals surface area contributed by atoms with E-state index in [4.69, 9.17) is 14.5 Å². The van der Waals surface area contributed by atoms with Gasteiger partial charge in [0.15, 0.2) is 0 Å². The number of fused-ring (bicyclic) bond motifs is 2. The second-order valence-electron chi connectivity index (χ2n) is 28.0. The number of ether oxygens (including phenoxy) is 2. The van der Waals surface area contributed by atoms with Crippen molar-refractivity contribution in [3.05, 3.63) is 107 Å². The van der Waals surface area contributed by atoms with E-state index < -0.39 is 43.6 Å². The fourth-order valence-electron chi connectivity index (χ4n) is 15.4. The summed E-state index contributed by atoms with van der Waals surface area (Å²) in [5, 5.41) is 19.6. The topological polar surface area (TPSA) is 282 Å². The van der Waals surface area contributed by atoms with Crippen LogP contribution >= 0.6 is 0 Å². The molecule has 95 heavy (non-hydrogen) atoms. The number of sulfonamides is 2. The average molecular weight is 1340 g/mol. The second-order valence-corrected chi connectivity index (χ2v) is 31.9. The third kappa shape index (κ3) is 14.4. The quantitative estimate of drug-likeness (QED) is 0.0812. The van der Waals surface area contributed by atoms with Gasteiger partial charge in [0.05, 0.1) is 9.79 Å². The van der Waals surface area contributed by atoms with Crippen LogP contribution in [0.4, 0.5) is 16.4 Å². The number of nitrogens with zero attached hydrogens (tertiary/aromatic N) is 10. The Labute approximate surface area is 555 Å². The van der Waals surface area contributed by atoms with E-state index >= 15 is 0 Å². The van der Waals surface area contributed by atoms with Crippen molar-refractivity contribution in [2.24, 2.45) is 0 Å². The monoisotopic (exact) mass is 1340 g/mol. The van der Waals surface area contributed by atoms with Crippen molar-refractivity contribution in [1.29, 1.82) is 0 Å². The van der Waals surface area contributed by atoms with Crippen LogP contribution in [0, 0.1) is 0 Å². The van der Waals surface area contributed by atoms with Crippen molar-refractivity contribution in [2.75, 3.05) is 88.8 Å². The number of aromatic nitrogens is 3. The predicted molar refractivity (Wildman–Crippen MR) is 357 cm³/mol. The van der Waals surface area contributed by atoms with Crippen molar-refractivity contribution >= 4 is 66.5 Å². The maximum absolute atomic E-state index is 13.8. The fourth-order valence-corrected chi connectivity index (χ4v) is 18.4. The molecule has 3 aromatic carbocycles. The fraction of sp³-hybridized carbons (Fsp3) is 0.574. The van der Waals surface area contributed by atoms with Gasteiger partial charge in [0, 0.05) is 168 Å². The molecular weight excluding hydrogens is 1250 g/mol. The molecule has 4 N–H and O–H groups in total. The van der Waals surface area contributed by atoms with Crippen molar-refractivity contribution < 1.29 is 50.6 Å². The number of carbonyl (C=O) groups excluding carboxylic acids is 3. The Hall–Kier alpha value is -7.27. The minimum absolute atomic E-state index is 0.00581. The first-order valence-electron chi connectivity index (χ1n) is 34.0. The summed E-state index contributed by atoms with van der Waals surface area (Å²) in [5.41, 5.74) is 2.65. The normalized spacial score (nSPS) is 22.6. The number of hydrogen-bond donors (Lipinski definition) is 4. The predicted octanol–water partition coefficient (Wildman–Crippen LogP) is 6.10. The number of carbonyl (C=O) groups is 4. The maximum atomic E-state index is 13.8. The van der Waals surface area contributed by atoms with E-state index in [2.05, 4.69) is 41.7 Å². The van der Waals surface area contributed by atoms with Crippen molar-refractivity contribution in [3.63, 3.8) is 0 Å². The summed E-state index contributed by atoms with van der Waals surface area (Å²) < 4.78 is 71.7. The molecule has 1 unspecified atom stereocenters. The number of hydrogen-bond acceptors (Lipinski definition) is 18. The zero-order valence-corrected chi connectivity index (χ0v) is 56.2. The molecule has 510 valence electrons. The van der Waals surface area contributed by atoms with E-state index in [9.17, 15) is 45.9 Å². The van der Waals surface area contributed by atoms with Gasteiger partial charge in [-0.3, -0.25) is 38.9 Å². The summed E-state index contributed by atoms with van der Waals surface area (Å²) in [5.74, 6) is 0.736. The molecule has 5 aromatic rings. The molecule has 0 spiro atoms. The highest BCUT2D eigenvalue weighted by Gasteiger charge is 2.42. The lowest BCUT2D eigenvalue weighted by Crippen LogP contribution is -2.61. The number of carboxylic acid groups (broad SMARTS) is 1. The molecule has 10 heterocycles. The summed E-state index contributed by atoms with van der Waals surface area (Å²) in [6.45, 7) is 14.9. The van der Waals surface area contributed by atoms with Gasteiger partial charge in [-0.05, 0) is 145 Å². The highest BCUT2D eigenvalue weighted by atomic mass is 32.2. The minimum atomic E-state index is -3.74. The highest BCUT2D eigenvalue weighted by Crippen LogP contribution is 2.36. The van der Waals surface area contributed by atoms with Gasteiger partial charge >= 0.3 is 6.09 Å². The zero-order valence-electron chi connectivity index (χ0n) is 54.5. The van der Waals surface area contributed by atoms with Crippen LogP contribution in [0.2, 0.25) is 0 Å². The highest BCUT2D eigenvalue weighted by molar-refractivity contribution is 7.89. The third-order valence-corrected chi connectivity index (χ3v) is 24.6. The SMILES string of the molecule is CC(C)(C)N(C(=O)O)C1CCN(S(=O)(=O)c2cccc(OC3CCN(C4CNC4)CC3)c2)CC1.O=C1CCC(N2Cc3cc(N4CC(N5CCC(Oc6cccc(S(=O)(=O)N7CCC(Nc8ncc9ccc(=O)n(C%10CCCC%10)c9n8)CC7)c6)CC5)C4)ccc3C2=O)C(=O)N1. The van der Waals surface area contributed by atoms with Gasteiger partial charge in [-0.15, -0.1) is 0 Å². The van der Waals surface area contributed by atoms with Crippen LogP contribution in [0.5, 0.6) is 11.5 Å². The maximum Gasteiger partial charge on any atom is 0.407 e. The number of nitrogens with one attached hydrogen (secondary N) is 3. The number of benzene rings is 3. The lowest BCUT2D eigenvalue weighted by molar-refractivity contribution is -0.136. The third-order valence-electron chi connectivity index (χ3n) is 20.8. The lowest BCUT2D eigenvalue weighted by atomic mass is 9.98. The Kier molecular flexibility index (Phi) is 19.3. The number of amides is 4. The zero-order chi connectivity index (χ0) is 66.3. The molecule has 8 fully saturated rings. The van der Waals surface area contributed by atoms with E-state index in [-0.39, 0.29) is 63.9 Å². The molecule has 0 radical (unpaired) electrons. The van der Waals surface area contributed by atoms with E-state index in [1.54, 1.807) is 63.9 Å². The minimum Gasteiger partial charge on any atom is -0.490 e. The van der Waals surface area contributed by atoms with Gasteiger partial charge < -0.3 is 39.9 Å². The Morgan fingerprint density at radius 2 is 1.26 bits per heavy atom. The first kappa shape index (κ1) is 66.3. The molecule has 1 saturated carbocycles. The molecule has 14 rings (SSSR count). The van der Waals surface area contributed by atoms with Crippen LogP contribution in [0.25, 0.3) is 11.0 Å². The first-order chi connectivity index (χ1) is 45.6. The van der Waals surface area contributed by atoms with Gasteiger partial charge in [-0.1, -0.05) is 25.0 Å². The van der Waals surface area contributed by atoms with Gasteiger partial charge in [0.2, 0.25) is 37.8 Å². The summed E-state index contributed by atoms with van der Waals surface area (Å²) in [7, 11) is -7.41. The average Bonchev–Trinajstić information content (AvgIpc) is 1.74. The molecule has 7 saturated heterocycles. The molecule has 9 aliphatic rings. The molecule has 0 bridgehead atoms. The molecule has 1 aliphatic carbocycles. The van der Waals surface area contributed by atoms with E-state index in [0.717, 1.165) is 120 Å². The van der Waals surface area contributed by atoms with Gasteiger partial charge in [0.1, 0.15) is 35.4 Å². The number of anilines is 2. The van der Waals surface area contributed by atoms with E-state index in [1.807, 2.05) is 49.6 Å². The lowest BCUT2D eigenvalue weighted by Gasteiger charge is -2.48. The van der Waals surface area contributed by atoms with E-state index in [1.165, 1.54) is 9.21 Å². The number of pyridine rings is 1. The summed E-state index contributed by atoms with van der Waals surface area (Å²) in [4.78, 5) is 82.0. The number of likely N-dealkylation sites (tertiary alicyclic amines) is 2. The number of rotatable bonds is 16. The molecule has 2 aromatic heterocycles. The molecule has 1 atom stereocenters. The number of piperidine rings is 5. The van der Waals surface area contributed by atoms with Crippen LogP contribution < -0.4 is 35.9 Å². The molecule has 8 aliphatic heterocycles. The smallest absolute Gasteiger partial charge is 0.407 e. The van der Waals surface area contributed by atoms with Crippen LogP contribution in [-0.4, -0.2) is 215 Å². The second kappa shape index (κ2) is 27.7. The molecule has 27 heteroatoms. The van der Waals surface area contributed by atoms with Gasteiger partial charge in [-0.2, -0.15) is 13.6 Å². The number of imide groups is 1. The van der Waals surface area contributed by atoms with Gasteiger partial charge in [0.25, 0.3) is 11.5 Å². The summed E-state index contributed by atoms with van der Waals surface area (Å²) >= 11 is 0. The van der Waals surface area contributed by atoms with Crippen LogP contribution in [-0.2, 0) is 36.2 Å². The largest absolute Gasteiger partial charge is 0.490 e. The van der Waals surface area contributed by atoms with Crippen LogP contribution in [0.15, 0.2) is 99.6 Å². The van der Waals surface area contributed by atoms with Gasteiger partial charge in [-0.25, -0.2) is 26.6 Å². The van der Waals surface area contributed by atoms with Crippen LogP contribution in [0.1, 0.15) is 133 Å².